The van der Waals surface area contributed by atoms with Gasteiger partial charge in [0.15, 0.2) is 23.0 Å². The highest BCUT2D eigenvalue weighted by atomic mass is 19.1. The molecule has 3 fully saturated rings. The molecule has 11 nitrogen and oxygen atoms in total. The molecule has 3 N–H and O–H groups in total. The molecule has 0 radical (unpaired) electrons. The maximum absolute atomic E-state index is 14.3. The van der Waals surface area contributed by atoms with Gasteiger partial charge in [0, 0.05) is 85.2 Å². The second-order valence-electron chi connectivity index (χ2n) is 18.7. The molecule has 4 aromatic carbocycles. The molecule has 15 heteroatoms. The summed E-state index contributed by atoms with van der Waals surface area (Å²) in [5.74, 6) is -0.0581. The third-order valence-corrected chi connectivity index (χ3v) is 13.4. The summed E-state index contributed by atoms with van der Waals surface area (Å²) >= 11 is 0. The van der Waals surface area contributed by atoms with E-state index in [1.807, 2.05) is 18.7 Å². The highest BCUT2D eigenvalue weighted by Gasteiger charge is 2.32. The Labute approximate surface area is 410 Å². The molecular formula is C55H69F4N5O6. The van der Waals surface area contributed by atoms with Crippen molar-refractivity contribution in [2.75, 3.05) is 74.3 Å². The van der Waals surface area contributed by atoms with E-state index >= 15 is 0 Å². The van der Waals surface area contributed by atoms with Crippen molar-refractivity contribution in [1.82, 2.24) is 20.0 Å². The standard InChI is InChI=1S/C31H41F2N3O3.C24H28F2N2O3/c1-21(15-23-8-10-25(32)17-28(23)33)18-36(31(37)24-9-13-29(38-2)30(16-24)39-3)20-27-5-4-14-35(27)19-22-6-11-26(34)12-7-22;1-16(11-17-6-8-19(25)13-21(17)26)14-28(15-20-5-4-10-27-20)24(29)18-7-9-22(30-2)23(12-18)31-3/h8-10,13,15-17,22,26-27H,4-7,11-12,14,18-20,34H2,1-3H3;6-9,11-13,20,27H,4-5,10,14-15H2,1-3H3/b21-15+;16-11+/t22?,26?,27-;20-/m00/s1. The summed E-state index contributed by atoms with van der Waals surface area (Å²) in [6.45, 7) is 8.44. The number of amides is 2. The highest BCUT2D eigenvalue weighted by molar-refractivity contribution is 5.96. The average Bonchev–Trinajstić information content (AvgIpc) is 4.04. The third kappa shape index (κ3) is 14.8. The lowest BCUT2D eigenvalue weighted by Gasteiger charge is -2.35. The number of methoxy groups -OCH3 is 4. The van der Waals surface area contributed by atoms with Crippen LogP contribution in [0, 0.1) is 29.2 Å². The number of likely N-dealkylation sites (tertiary alicyclic amines) is 1. The van der Waals surface area contributed by atoms with Crippen LogP contribution in [0.15, 0.2) is 83.9 Å². The van der Waals surface area contributed by atoms with Crippen molar-refractivity contribution in [3.8, 4) is 23.0 Å². The van der Waals surface area contributed by atoms with Gasteiger partial charge in [0.2, 0.25) is 0 Å². The number of halogens is 4. The Morgan fingerprint density at radius 3 is 1.60 bits per heavy atom. The first-order valence-electron chi connectivity index (χ1n) is 24.2. The molecule has 0 spiro atoms. The van der Waals surface area contributed by atoms with Crippen LogP contribution >= 0.6 is 0 Å². The smallest absolute Gasteiger partial charge is 0.254 e. The van der Waals surface area contributed by atoms with Gasteiger partial charge in [0.05, 0.1) is 28.4 Å². The third-order valence-electron chi connectivity index (χ3n) is 13.4. The minimum absolute atomic E-state index is 0.126. The molecule has 0 bridgehead atoms. The van der Waals surface area contributed by atoms with E-state index < -0.39 is 23.3 Å². The lowest BCUT2D eigenvalue weighted by Crippen LogP contribution is -2.45. The summed E-state index contributed by atoms with van der Waals surface area (Å²) in [5.41, 5.74) is 9.28. The number of ether oxygens (including phenoxy) is 4. The SMILES string of the molecule is COc1ccc(C(=O)N(C/C(C)=C/c2ccc(F)cc2F)C[C@@H]2CCCN2)cc1OC.COc1ccc(C(=O)N(C/C(C)=C/c2ccc(F)cc2F)C[C@@H]2CCCN2CC2CCC(N)CC2)cc1OC. The molecule has 7 rings (SSSR count). The number of rotatable bonds is 18. The fraction of sp³-hybridized carbons (Fsp3) is 0.455. The molecule has 2 atom stereocenters. The van der Waals surface area contributed by atoms with Crippen molar-refractivity contribution >= 4 is 24.0 Å². The van der Waals surface area contributed by atoms with Crippen molar-refractivity contribution in [2.24, 2.45) is 11.7 Å². The lowest BCUT2D eigenvalue weighted by atomic mass is 9.86. The molecule has 1 aliphatic carbocycles. The highest BCUT2D eigenvalue weighted by Crippen LogP contribution is 2.32. The largest absolute Gasteiger partial charge is 0.493 e. The molecule has 2 saturated heterocycles. The Kier molecular flexibility index (Phi) is 19.7. The zero-order valence-corrected chi connectivity index (χ0v) is 41.4. The summed E-state index contributed by atoms with van der Waals surface area (Å²) in [7, 11) is 6.17. The van der Waals surface area contributed by atoms with Gasteiger partial charge in [-0.3, -0.25) is 14.5 Å². The van der Waals surface area contributed by atoms with E-state index in [1.165, 1.54) is 31.4 Å². The van der Waals surface area contributed by atoms with Crippen LogP contribution in [0.5, 0.6) is 23.0 Å². The Morgan fingerprint density at radius 1 is 0.643 bits per heavy atom. The van der Waals surface area contributed by atoms with E-state index in [2.05, 4.69) is 10.2 Å². The predicted octanol–water partition coefficient (Wildman–Crippen LogP) is 9.79. The van der Waals surface area contributed by atoms with Crippen LogP contribution in [0.4, 0.5) is 17.6 Å². The molecule has 0 aromatic heterocycles. The number of hydrogen-bond donors (Lipinski definition) is 2. The van der Waals surface area contributed by atoms with Crippen LogP contribution in [-0.4, -0.2) is 119 Å². The van der Waals surface area contributed by atoms with Gasteiger partial charge in [-0.25, -0.2) is 17.6 Å². The molecular weight excluding hydrogens is 903 g/mol. The molecule has 2 aliphatic heterocycles. The van der Waals surface area contributed by atoms with Crippen LogP contribution < -0.4 is 30.0 Å². The molecule has 1 saturated carbocycles. The summed E-state index contributed by atoms with van der Waals surface area (Å²) in [6, 6.07) is 18.0. The van der Waals surface area contributed by atoms with Gasteiger partial charge in [-0.2, -0.15) is 0 Å². The normalized spacial score (nSPS) is 19.5. The van der Waals surface area contributed by atoms with E-state index in [4.69, 9.17) is 24.7 Å². The molecule has 0 unspecified atom stereocenters. The molecule has 3 aliphatic rings. The van der Waals surface area contributed by atoms with E-state index in [-0.39, 0.29) is 29.5 Å². The molecule has 2 amide bonds. The molecule has 70 heavy (non-hydrogen) atoms. The predicted molar refractivity (Wildman–Crippen MR) is 266 cm³/mol. The Hall–Kier alpha value is -5.90. The van der Waals surface area contributed by atoms with Gasteiger partial charge in [0.1, 0.15) is 23.3 Å². The van der Waals surface area contributed by atoms with Gasteiger partial charge in [-0.05, 0) is 145 Å². The molecule has 4 aromatic rings. The summed E-state index contributed by atoms with van der Waals surface area (Å²) in [6.07, 6.45) is 12.0. The number of hydrogen-bond acceptors (Lipinski definition) is 9. The van der Waals surface area contributed by atoms with Crippen LogP contribution in [0.2, 0.25) is 0 Å². The number of benzene rings is 4. The Morgan fingerprint density at radius 2 is 1.14 bits per heavy atom. The maximum atomic E-state index is 14.3. The number of carbonyl (C=O) groups is 2. The quantitative estimate of drug-likeness (QED) is 0.0940. The van der Waals surface area contributed by atoms with Crippen LogP contribution in [0.3, 0.4) is 0 Å². The molecule has 378 valence electrons. The number of nitrogens with two attached hydrogens (primary N) is 1. The Bertz CT molecular complexity index is 2450. The van der Waals surface area contributed by atoms with Crippen molar-refractivity contribution in [2.45, 2.75) is 83.3 Å². The van der Waals surface area contributed by atoms with Gasteiger partial charge in [-0.1, -0.05) is 23.3 Å². The van der Waals surface area contributed by atoms with Gasteiger partial charge in [-0.15, -0.1) is 0 Å². The zero-order chi connectivity index (χ0) is 50.3. The first kappa shape index (κ1) is 53.5. The average molecular weight is 972 g/mol. The zero-order valence-electron chi connectivity index (χ0n) is 41.4. The van der Waals surface area contributed by atoms with Crippen LogP contribution in [0.25, 0.3) is 12.2 Å². The van der Waals surface area contributed by atoms with E-state index in [0.717, 1.165) is 94.3 Å². The van der Waals surface area contributed by atoms with Gasteiger partial charge < -0.3 is 39.8 Å². The number of nitrogens with one attached hydrogen (secondary N) is 1. The van der Waals surface area contributed by atoms with Crippen LogP contribution in [0.1, 0.15) is 97.1 Å². The van der Waals surface area contributed by atoms with E-state index in [0.29, 0.717) is 77.8 Å². The summed E-state index contributed by atoms with van der Waals surface area (Å²) < 4.78 is 76.4. The maximum Gasteiger partial charge on any atom is 0.254 e. The summed E-state index contributed by atoms with van der Waals surface area (Å²) in [5, 5.41) is 3.41. The van der Waals surface area contributed by atoms with Crippen molar-refractivity contribution in [3.63, 3.8) is 0 Å². The van der Waals surface area contributed by atoms with Crippen molar-refractivity contribution in [3.05, 3.63) is 129 Å². The monoisotopic (exact) mass is 972 g/mol. The second kappa shape index (κ2) is 25.8. The van der Waals surface area contributed by atoms with Gasteiger partial charge >= 0.3 is 0 Å². The number of carbonyl (C=O) groups excluding carboxylic acids is 2. The van der Waals surface area contributed by atoms with Crippen molar-refractivity contribution < 1.29 is 46.1 Å². The fourth-order valence-electron chi connectivity index (χ4n) is 9.68. The summed E-state index contributed by atoms with van der Waals surface area (Å²) in [4.78, 5) is 33.4. The lowest BCUT2D eigenvalue weighted by molar-refractivity contribution is 0.0707. The Balaban J connectivity index is 0.000000236. The first-order chi connectivity index (χ1) is 33.7. The second-order valence-corrected chi connectivity index (χ2v) is 18.7. The fourth-order valence-corrected chi connectivity index (χ4v) is 9.68. The van der Waals surface area contributed by atoms with E-state index in [1.54, 1.807) is 74.8 Å². The minimum Gasteiger partial charge on any atom is -0.493 e. The van der Waals surface area contributed by atoms with Gasteiger partial charge in [0.25, 0.3) is 11.8 Å². The number of nitrogens with zero attached hydrogens (tertiary/aromatic N) is 3. The van der Waals surface area contributed by atoms with E-state index in [9.17, 15) is 27.2 Å². The molecule has 2 heterocycles. The topological polar surface area (TPSA) is 119 Å². The van der Waals surface area contributed by atoms with Crippen LogP contribution in [-0.2, 0) is 0 Å². The minimum atomic E-state index is -0.630. The van der Waals surface area contributed by atoms with Crippen molar-refractivity contribution in [1.29, 1.82) is 0 Å². The first-order valence-corrected chi connectivity index (χ1v) is 24.2.